The van der Waals surface area contributed by atoms with E-state index >= 15 is 0 Å². The van der Waals surface area contributed by atoms with Crippen LogP contribution in [0.5, 0.6) is 0 Å². The maximum atomic E-state index is 12.2. The first-order valence-electron chi connectivity index (χ1n) is 8.82. The fourth-order valence-corrected chi connectivity index (χ4v) is 4.82. The Morgan fingerprint density at radius 1 is 1.30 bits per heavy atom. The number of furan rings is 1. The monoisotopic (exact) mass is 393 g/mol. The Kier molecular flexibility index (Phi) is 5.28. The Balaban J connectivity index is 1.59. The van der Waals surface area contributed by atoms with Crippen LogP contribution in [0.3, 0.4) is 0 Å². The summed E-state index contributed by atoms with van der Waals surface area (Å²) < 4.78 is 33.6. The highest BCUT2D eigenvalue weighted by molar-refractivity contribution is 7.91. The molecule has 27 heavy (non-hydrogen) atoms. The summed E-state index contributed by atoms with van der Waals surface area (Å²) in [5, 5.41) is 3.48. The van der Waals surface area contributed by atoms with Crippen molar-refractivity contribution in [2.45, 2.75) is 45.8 Å². The van der Waals surface area contributed by atoms with Crippen LogP contribution in [-0.4, -0.2) is 43.9 Å². The Hall–Kier alpha value is -2.35. The molecule has 1 aromatic heterocycles. The number of nitrogens with one attached hydrogen (secondary N) is 1. The van der Waals surface area contributed by atoms with E-state index in [1.54, 1.807) is 0 Å². The van der Waals surface area contributed by atoms with Crippen LogP contribution in [0, 0.1) is 13.8 Å². The minimum Gasteiger partial charge on any atom is -0.464 e. The third-order valence-electron chi connectivity index (χ3n) is 4.86. The molecule has 1 aliphatic rings. The van der Waals surface area contributed by atoms with E-state index in [2.05, 4.69) is 5.32 Å². The van der Waals surface area contributed by atoms with Crippen molar-refractivity contribution >= 4 is 32.7 Å². The third-order valence-corrected chi connectivity index (χ3v) is 6.63. The van der Waals surface area contributed by atoms with Gasteiger partial charge in [0, 0.05) is 17.0 Å². The molecule has 2 heterocycles. The lowest BCUT2D eigenvalue weighted by atomic mass is 10.0. The van der Waals surface area contributed by atoms with Crippen molar-refractivity contribution in [1.29, 1.82) is 0 Å². The molecule has 0 unspecified atom stereocenters. The lowest BCUT2D eigenvalue weighted by molar-refractivity contribution is -0.154. The minimum atomic E-state index is -3.08. The van der Waals surface area contributed by atoms with Crippen molar-refractivity contribution in [3.63, 3.8) is 0 Å². The van der Waals surface area contributed by atoms with E-state index < -0.39 is 33.9 Å². The normalized spacial score (nSPS) is 19.7. The molecule has 1 aromatic carbocycles. The van der Waals surface area contributed by atoms with E-state index in [-0.39, 0.29) is 17.9 Å². The number of ether oxygens (including phenoxy) is 1. The summed E-state index contributed by atoms with van der Waals surface area (Å²) in [6.45, 7) is 5.44. The van der Waals surface area contributed by atoms with E-state index in [0.29, 0.717) is 17.6 Å². The maximum absolute atomic E-state index is 12.2. The van der Waals surface area contributed by atoms with Crippen LogP contribution in [0.25, 0.3) is 11.0 Å². The number of carbonyl (C=O) groups is 2. The molecule has 1 N–H and O–H groups in total. The summed E-state index contributed by atoms with van der Waals surface area (Å²) in [6, 6.07) is 3.46. The summed E-state index contributed by atoms with van der Waals surface area (Å²) >= 11 is 0. The van der Waals surface area contributed by atoms with Gasteiger partial charge >= 0.3 is 5.97 Å². The fourth-order valence-electron chi connectivity index (χ4n) is 3.15. The fraction of sp³-hybridized carbons (Fsp3) is 0.474. The third kappa shape index (κ3) is 4.50. The largest absolute Gasteiger partial charge is 0.464 e. The molecular formula is C19H23NO6S. The van der Waals surface area contributed by atoms with Gasteiger partial charge in [0.05, 0.1) is 24.2 Å². The number of esters is 1. The van der Waals surface area contributed by atoms with Crippen LogP contribution in [0.4, 0.5) is 0 Å². The molecule has 3 rings (SSSR count). The number of hydrogen-bond donors (Lipinski definition) is 1. The molecule has 1 amide bonds. The second kappa shape index (κ2) is 7.34. The highest BCUT2D eigenvalue weighted by Gasteiger charge is 2.30. The number of benzene rings is 1. The van der Waals surface area contributed by atoms with Gasteiger partial charge in [-0.2, -0.15) is 0 Å². The van der Waals surface area contributed by atoms with E-state index in [4.69, 9.17) is 9.15 Å². The number of amides is 1. The Morgan fingerprint density at radius 2 is 2.00 bits per heavy atom. The van der Waals surface area contributed by atoms with Gasteiger partial charge in [-0.15, -0.1) is 0 Å². The molecule has 0 aliphatic carbocycles. The van der Waals surface area contributed by atoms with Crippen LogP contribution in [0.1, 0.15) is 30.0 Å². The number of hydrogen-bond acceptors (Lipinski definition) is 6. The molecule has 0 radical (unpaired) electrons. The lowest BCUT2D eigenvalue weighted by Crippen LogP contribution is -2.42. The molecule has 2 aromatic rings. The number of sulfone groups is 1. The van der Waals surface area contributed by atoms with E-state index in [0.717, 1.165) is 16.5 Å². The van der Waals surface area contributed by atoms with E-state index in [1.165, 1.54) is 13.2 Å². The van der Waals surface area contributed by atoms with Crippen LogP contribution in [0.15, 0.2) is 22.8 Å². The Labute approximate surface area is 158 Å². The minimum absolute atomic E-state index is 0.00900. The van der Waals surface area contributed by atoms with Gasteiger partial charge in [0.15, 0.2) is 15.9 Å². The number of aryl methyl sites for hydroxylation is 2. The standard InChI is InChI=1S/C19H23NO6S/c1-11-6-16-14(9-25-17(16)7-12(11)2)8-18(21)26-13(3)19(22)20-15-4-5-27(23,24)10-15/h6-7,9,13,15H,4-5,8,10H2,1-3H3,(H,20,22)/t13-,15+/m1/s1. The highest BCUT2D eigenvalue weighted by atomic mass is 32.2. The molecule has 8 heteroatoms. The zero-order valence-corrected chi connectivity index (χ0v) is 16.4. The van der Waals surface area contributed by atoms with Crippen molar-refractivity contribution in [3.8, 4) is 0 Å². The summed E-state index contributed by atoms with van der Waals surface area (Å²) in [5.74, 6) is -1.04. The second-order valence-corrected chi connectivity index (χ2v) is 9.34. The van der Waals surface area contributed by atoms with E-state index in [9.17, 15) is 18.0 Å². The molecule has 0 bridgehead atoms. The SMILES string of the molecule is Cc1cc2occ(CC(=O)O[C@H](C)C(=O)N[C@H]3CCS(=O)(=O)C3)c2cc1C. The number of fused-ring (bicyclic) bond motifs is 1. The van der Waals surface area contributed by atoms with Crippen molar-refractivity contribution in [2.24, 2.45) is 0 Å². The van der Waals surface area contributed by atoms with Gasteiger partial charge in [-0.3, -0.25) is 9.59 Å². The first kappa shape index (κ1) is 19.4. The summed E-state index contributed by atoms with van der Waals surface area (Å²) in [6.07, 6.45) is 0.904. The Morgan fingerprint density at radius 3 is 2.67 bits per heavy atom. The maximum Gasteiger partial charge on any atom is 0.311 e. The van der Waals surface area contributed by atoms with Crippen molar-refractivity contribution in [3.05, 3.63) is 35.1 Å². The van der Waals surface area contributed by atoms with Gasteiger partial charge in [-0.1, -0.05) is 0 Å². The molecule has 0 spiro atoms. The van der Waals surface area contributed by atoms with Crippen molar-refractivity contribution in [1.82, 2.24) is 5.32 Å². The first-order chi connectivity index (χ1) is 12.6. The van der Waals surface area contributed by atoms with Crippen LogP contribution in [-0.2, 0) is 30.6 Å². The highest BCUT2D eigenvalue weighted by Crippen LogP contribution is 2.25. The van der Waals surface area contributed by atoms with Crippen LogP contribution < -0.4 is 5.32 Å². The van der Waals surface area contributed by atoms with Gasteiger partial charge < -0.3 is 14.5 Å². The van der Waals surface area contributed by atoms with Gasteiger partial charge in [0.1, 0.15) is 5.58 Å². The number of carbonyl (C=O) groups excluding carboxylic acids is 2. The van der Waals surface area contributed by atoms with Crippen LogP contribution >= 0.6 is 0 Å². The average molecular weight is 393 g/mol. The summed E-state index contributed by atoms with van der Waals surface area (Å²) in [7, 11) is -3.08. The zero-order valence-electron chi connectivity index (χ0n) is 15.6. The predicted octanol–water partition coefficient (Wildman–Crippen LogP) is 1.83. The zero-order chi connectivity index (χ0) is 19.8. The van der Waals surface area contributed by atoms with Crippen LogP contribution in [0.2, 0.25) is 0 Å². The topological polar surface area (TPSA) is 103 Å². The van der Waals surface area contributed by atoms with Gasteiger partial charge in [0.2, 0.25) is 0 Å². The second-order valence-electron chi connectivity index (χ2n) is 7.11. The molecule has 146 valence electrons. The molecular weight excluding hydrogens is 370 g/mol. The van der Waals surface area contributed by atoms with Crippen molar-refractivity contribution < 1.29 is 27.2 Å². The summed E-state index contributed by atoms with van der Waals surface area (Å²) in [5.41, 5.74) is 3.60. The van der Waals surface area contributed by atoms with Gasteiger partial charge in [-0.05, 0) is 50.5 Å². The number of rotatable bonds is 5. The van der Waals surface area contributed by atoms with Crippen molar-refractivity contribution in [2.75, 3.05) is 11.5 Å². The molecule has 1 aliphatic heterocycles. The quantitative estimate of drug-likeness (QED) is 0.778. The van der Waals surface area contributed by atoms with Gasteiger partial charge in [0.25, 0.3) is 5.91 Å². The molecule has 1 saturated heterocycles. The van der Waals surface area contributed by atoms with Gasteiger partial charge in [-0.25, -0.2) is 8.42 Å². The summed E-state index contributed by atoms with van der Waals surface area (Å²) in [4.78, 5) is 24.4. The predicted molar refractivity (Wildman–Crippen MR) is 100 cm³/mol. The average Bonchev–Trinajstić information content (AvgIpc) is 3.11. The molecule has 1 fully saturated rings. The molecule has 7 nitrogen and oxygen atoms in total. The molecule has 0 saturated carbocycles. The molecule has 2 atom stereocenters. The first-order valence-corrected chi connectivity index (χ1v) is 10.6. The van der Waals surface area contributed by atoms with E-state index in [1.807, 2.05) is 26.0 Å². The smallest absolute Gasteiger partial charge is 0.311 e. The lowest BCUT2D eigenvalue weighted by Gasteiger charge is -2.16. The Bertz CT molecular complexity index is 991.